The van der Waals surface area contributed by atoms with Gasteiger partial charge in [-0.25, -0.2) is 0 Å². The predicted octanol–water partition coefficient (Wildman–Crippen LogP) is 3.73. The second-order valence-corrected chi connectivity index (χ2v) is 7.02. The van der Waals surface area contributed by atoms with Crippen molar-refractivity contribution in [2.45, 2.75) is 24.6 Å². The summed E-state index contributed by atoms with van der Waals surface area (Å²) < 4.78 is 44.0. The van der Waals surface area contributed by atoms with Gasteiger partial charge in [0.15, 0.2) is 6.61 Å². The van der Waals surface area contributed by atoms with Gasteiger partial charge in [0.05, 0.1) is 11.1 Å². The third kappa shape index (κ3) is 3.83. The van der Waals surface area contributed by atoms with E-state index in [1.807, 2.05) is 30.3 Å². The molecule has 2 aromatic carbocycles. The van der Waals surface area contributed by atoms with Gasteiger partial charge in [0.1, 0.15) is 5.57 Å². The summed E-state index contributed by atoms with van der Waals surface area (Å²) >= 11 is 0. The number of rotatable bonds is 5. The Bertz CT molecular complexity index is 996. The molecular formula is C21H17F3N2O3. The van der Waals surface area contributed by atoms with Crippen LogP contribution in [0.5, 0.6) is 0 Å². The number of anilines is 1. The van der Waals surface area contributed by atoms with Crippen molar-refractivity contribution in [3.05, 3.63) is 77.2 Å². The first-order valence-electron chi connectivity index (χ1n) is 9.01. The van der Waals surface area contributed by atoms with Crippen LogP contribution in [0.3, 0.4) is 0 Å². The van der Waals surface area contributed by atoms with Crippen molar-refractivity contribution in [3.63, 3.8) is 0 Å². The summed E-state index contributed by atoms with van der Waals surface area (Å²) in [5.41, 5.74) is -0.570. The molecule has 150 valence electrons. The molecule has 1 fully saturated rings. The third-order valence-electron chi connectivity index (χ3n) is 4.96. The van der Waals surface area contributed by atoms with Crippen LogP contribution >= 0.6 is 0 Å². The topological polar surface area (TPSA) is 67.4 Å². The minimum absolute atomic E-state index is 0.0550. The Kier molecular flexibility index (Phi) is 4.56. The number of amides is 1. The molecule has 0 atom stereocenters. The normalized spacial score (nSPS) is 17.7. The first-order chi connectivity index (χ1) is 13.8. The molecule has 0 aromatic heterocycles. The van der Waals surface area contributed by atoms with Gasteiger partial charge in [-0.05, 0) is 36.6 Å². The van der Waals surface area contributed by atoms with E-state index in [2.05, 4.69) is 10.6 Å². The molecular weight excluding hydrogens is 385 g/mol. The van der Waals surface area contributed by atoms with Crippen LogP contribution in [0.1, 0.15) is 24.0 Å². The summed E-state index contributed by atoms with van der Waals surface area (Å²) in [5, 5.41) is 5.53. The van der Waals surface area contributed by atoms with Crippen LogP contribution in [0, 0.1) is 0 Å². The van der Waals surface area contributed by atoms with Crippen molar-refractivity contribution >= 4 is 17.4 Å². The minimum Gasteiger partial charge on any atom is -0.470 e. The average Bonchev–Trinajstić information content (AvgIpc) is 3.38. The van der Waals surface area contributed by atoms with Crippen molar-refractivity contribution in [2.24, 2.45) is 0 Å². The van der Waals surface area contributed by atoms with E-state index in [9.17, 15) is 22.8 Å². The SMILES string of the molecule is O=C1COC(NC2(c3ccccc3)CC2)=C1C(=O)Nc1cccc(C(F)(F)F)c1. The molecule has 29 heavy (non-hydrogen) atoms. The summed E-state index contributed by atoms with van der Waals surface area (Å²) in [4.78, 5) is 24.9. The number of alkyl halides is 3. The van der Waals surface area contributed by atoms with E-state index in [1.54, 1.807) is 0 Å². The Morgan fingerprint density at radius 1 is 1.03 bits per heavy atom. The van der Waals surface area contributed by atoms with Gasteiger partial charge in [0.2, 0.25) is 11.7 Å². The molecule has 1 saturated carbocycles. The van der Waals surface area contributed by atoms with Gasteiger partial charge in [0, 0.05) is 5.69 Å². The van der Waals surface area contributed by atoms with Crippen molar-refractivity contribution < 1.29 is 27.5 Å². The monoisotopic (exact) mass is 402 g/mol. The van der Waals surface area contributed by atoms with Gasteiger partial charge in [-0.15, -0.1) is 0 Å². The smallest absolute Gasteiger partial charge is 0.416 e. The fraction of sp³-hybridized carbons (Fsp3) is 0.238. The van der Waals surface area contributed by atoms with E-state index in [-0.39, 0.29) is 23.8 Å². The second kappa shape index (κ2) is 6.95. The maximum Gasteiger partial charge on any atom is 0.416 e. The molecule has 1 aliphatic heterocycles. The second-order valence-electron chi connectivity index (χ2n) is 7.02. The van der Waals surface area contributed by atoms with E-state index in [0.717, 1.165) is 30.5 Å². The Balaban J connectivity index is 1.57. The van der Waals surface area contributed by atoms with Gasteiger partial charge >= 0.3 is 6.18 Å². The van der Waals surface area contributed by atoms with E-state index >= 15 is 0 Å². The number of hydrogen-bond acceptors (Lipinski definition) is 4. The predicted molar refractivity (Wildman–Crippen MR) is 98.5 cm³/mol. The number of Topliss-reactive ketones (excluding diaryl/α,β-unsaturated/α-hetero) is 1. The number of carbonyl (C=O) groups is 2. The molecule has 2 N–H and O–H groups in total. The zero-order chi connectivity index (χ0) is 20.6. The van der Waals surface area contributed by atoms with Gasteiger partial charge in [0.25, 0.3) is 5.91 Å². The fourth-order valence-corrected chi connectivity index (χ4v) is 3.29. The van der Waals surface area contributed by atoms with Gasteiger partial charge < -0.3 is 15.4 Å². The van der Waals surface area contributed by atoms with Crippen molar-refractivity contribution in [1.29, 1.82) is 0 Å². The van der Waals surface area contributed by atoms with Crippen LogP contribution in [0.4, 0.5) is 18.9 Å². The average molecular weight is 402 g/mol. The highest BCUT2D eigenvalue weighted by molar-refractivity contribution is 6.25. The van der Waals surface area contributed by atoms with Crippen molar-refractivity contribution in [1.82, 2.24) is 5.32 Å². The molecule has 2 aromatic rings. The number of benzene rings is 2. The molecule has 0 radical (unpaired) electrons. The lowest BCUT2D eigenvalue weighted by molar-refractivity contribution is -0.137. The third-order valence-corrected chi connectivity index (χ3v) is 4.96. The lowest BCUT2D eigenvalue weighted by Gasteiger charge is -2.20. The molecule has 8 heteroatoms. The first-order valence-corrected chi connectivity index (χ1v) is 9.01. The molecule has 1 aliphatic carbocycles. The lowest BCUT2D eigenvalue weighted by Crippen LogP contribution is -2.31. The standard InChI is InChI=1S/C21H17F3N2O3/c22-21(23,24)14-7-4-8-15(11-14)25-18(28)17-16(27)12-29-19(17)26-20(9-10-20)13-5-2-1-3-6-13/h1-8,11,26H,9-10,12H2,(H,25,28). The summed E-state index contributed by atoms with van der Waals surface area (Å²) in [5.74, 6) is -1.28. The molecule has 0 spiro atoms. The Labute approximate surface area is 164 Å². The van der Waals surface area contributed by atoms with Crippen LogP contribution < -0.4 is 10.6 Å². The fourth-order valence-electron chi connectivity index (χ4n) is 3.29. The van der Waals surface area contributed by atoms with Gasteiger partial charge in [-0.3, -0.25) is 9.59 Å². The molecule has 0 bridgehead atoms. The van der Waals surface area contributed by atoms with E-state index in [0.29, 0.717) is 0 Å². The summed E-state index contributed by atoms with van der Waals surface area (Å²) in [7, 11) is 0. The molecule has 1 amide bonds. The quantitative estimate of drug-likeness (QED) is 0.748. The van der Waals surface area contributed by atoms with Crippen molar-refractivity contribution in [3.8, 4) is 0 Å². The van der Waals surface area contributed by atoms with Crippen molar-refractivity contribution in [2.75, 3.05) is 11.9 Å². The van der Waals surface area contributed by atoms with E-state index in [1.165, 1.54) is 12.1 Å². The highest BCUT2D eigenvalue weighted by atomic mass is 19.4. The summed E-state index contributed by atoms with van der Waals surface area (Å²) in [6, 6.07) is 13.8. The van der Waals surface area contributed by atoms with Gasteiger partial charge in [-0.1, -0.05) is 36.4 Å². The maximum atomic E-state index is 12.9. The summed E-state index contributed by atoms with van der Waals surface area (Å²) in [6.07, 6.45) is -2.92. The first kappa shape index (κ1) is 19.0. The summed E-state index contributed by atoms with van der Waals surface area (Å²) in [6.45, 7) is -0.293. The van der Waals surface area contributed by atoms with Crippen LogP contribution in [0.2, 0.25) is 0 Å². The molecule has 4 rings (SSSR count). The largest absolute Gasteiger partial charge is 0.470 e. The number of carbonyl (C=O) groups excluding carboxylic acids is 2. The lowest BCUT2D eigenvalue weighted by atomic mass is 10.0. The Morgan fingerprint density at radius 3 is 2.41 bits per heavy atom. The van der Waals surface area contributed by atoms with Crippen LogP contribution in [0.25, 0.3) is 0 Å². The van der Waals surface area contributed by atoms with Gasteiger partial charge in [-0.2, -0.15) is 13.2 Å². The van der Waals surface area contributed by atoms with E-state index in [4.69, 9.17) is 4.74 Å². The number of halogens is 3. The Morgan fingerprint density at radius 2 is 1.76 bits per heavy atom. The van der Waals surface area contributed by atoms with Crippen LogP contribution in [-0.4, -0.2) is 18.3 Å². The molecule has 2 aliphatic rings. The number of ketones is 1. The minimum atomic E-state index is -4.53. The molecule has 5 nitrogen and oxygen atoms in total. The molecule has 0 saturated heterocycles. The molecule has 1 heterocycles. The zero-order valence-electron chi connectivity index (χ0n) is 15.2. The highest BCUT2D eigenvalue weighted by Gasteiger charge is 2.47. The van der Waals surface area contributed by atoms with E-state index < -0.39 is 29.0 Å². The Hall–Kier alpha value is -3.29. The zero-order valence-corrected chi connectivity index (χ0v) is 15.2. The highest BCUT2D eigenvalue weighted by Crippen LogP contribution is 2.46. The maximum absolute atomic E-state index is 12.9. The molecule has 0 unspecified atom stereocenters. The van der Waals surface area contributed by atoms with Crippen LogP contribution in [0.15, 0.2) is 66.1 Å². The number of nitrogens with one attached hydrogen (secondary N) is 2. The number of hydrogen-bond donors (Lipinski definition) is 2. The van der Waals surface area contributed by atoms with Crippen LogP contribution in [-0.2, 0) is 26.0 Å². The number of ether oxygens (including phenoxy) is 1.